The minimum Gasteiger partial charge on any atom is -0.444 e. The van der Waals surface area contributed by atoms with Crippen LogP contribution in [0.5, 0.6) is 0 Å². The first-order valence-corrected chi connectivity index (χ1v) is 12.2. The Morgan fingerprint density at radius 2 is 1.17 bits per heavy atom. The van der Waals surface area contributed by atoms with E-state index in [1.807, 2.05) is 0 Å². The number of amides is 2. The molecule has 10 heteroatoms. The van der Waals surface area contributed by atoms with Crippen molar-refractivity contribution in [2.45, 2.75) is 137 Å². The maximum Gasteiger partial charge on any atom is 0.412 e. The van der Waals surface area contributed by atoms with Crippen LogP contribution in [0, 0.1) is 0 Å². The Bertz CT molecular complexity index is 753. The van der Waals surface area contributed by atoms with Gasteiger partial charge in [0.2, 0.25) is 11.4 Å². The molecule has 0 aromatic rings. The summed E-state index contributed by atoms with van der Waals surface area (Å²) in [5.41, 5.74) is -5.84. The lowest BCUT2D eigenvalue weighted by molar-refractivity contribution is -0.342. The number of aldehydes is 2. The molecule has 0 fully saturated rings. The lowest BCUT2D eigenvalue weighted by atomic mass is 9.96. The van der Waals surface area contributed by atoms with Gasteiger partial charge in [0.05, 0.1) is 11.2 Å². The molecule has 0 aliphatic heterocycles. The maximum absolute atomic E-state index is 13.6. The van der Waals surface area contributed by atoms with Crippen LogP contribution in [-0.2, 0) is 28.5 Å². The van der Waals surface area contributed by atoms with Crippen LogP contribution in [0.15, 0.2) is 0 Å². The van der Waals surface area contributed by atoms with E-state index in [1.54, 1.807) is 83.1 Å². The monoisotopic (exact) mass is 516 g/mol. The topological polar surface area (TPSA) is 120 Å². The van der Waals surface area contributed by atoms with E-state index in [2.05, 4.69) is 5.32 Å². The highest BCUT2D eigenvalue weighted by Crippen LogP contribution is 2.38. The van der Waals surface area contributed by atoms with Gasteiger partial charge in [-0.25, -0.2) is 9.59 Å². The van der Waals surface area contributed by atoms with Gasteiger partial charge >= 0.3 is 12.2 Å². The molecule has 0 aliphatic rings. The van der Waals surface area contributed by atoms with Crippen molar-refractivity contribution in [1.29, 1.82) is 0 Å². The Balaban J connectivity index is 7.25. The summed E-state index contributed by atoms with van der Waals surface area (Å²) in [5.74, 6) is -1.93. The number of rotatable bonds is 10. The van der Waals surface area contributed by atoms with Crippen LogP contribution in [0.3, 0.4) is 0 Å². The average molecular weight is 517 g/mol. The molecule has 0 heterocycles. The van der Waals surface area contributed by atoms with Gasteiger partial charge in [-0.1, -0.05) is 0 Å². The van der Waals surface area contributed by atoms with Gasteiger partial charge in [-0.2, -0.15) is 0 Å². The maximum atomic E-state index is 13.6. The van der Waals surface area contributed by atoms with E-state index < -0.39 is 46.0 Å². The molecule has 0 unspecified atom stereocenters. The van der Waals surface area contributed by atoms with Crippen molar-refractivity contribution in [1.82, 2.24) is 10.2 Å². The van der Waals surface area contributed by atoms with Crippen LogP contribution in [0.2, 0.25) is 0 Å². The molecule has 0 aliphatic carbocycles. The zero-order valence-electron chi connectivity index (χ0n) is 24.5. The summed E-state index contributed by atoms with van der Waals surface area (Å²) in [6.45, 7) is 21.9. The van der Waals surface area contributed by atoms with E-state index in [4.69, 9.17) is 18.9 Å². The van der Waals surface area contributed by atoms with Crippen LogP contribution in [0.1, 0.15) is 103 Å². The highest BCUT2D eigenvalue weighted by Gasteiger charge is 2.61. The SMILES string of the molecule is CC(C)(C)OC(=O)N[C@@](C=O)(N(CCCC=O)C(=O)OC(C)(C)C)C(C)(OC(C)(C)C)OC(C)(C)C. The van der Waals surface area contributed by atoms with E-state index in [9.17, 15) is 19.2 Å². The molecule has 0 aromatic heterocycles. The van der Waals surface area contributed by atoms with Gasteiger partial charge in [-0.05, 0) is 96.4 Å². The third-order valence-electron chi connectivity index (χ3n) is 4.30. The Kier molecular flexibility index (Phi) is 11.2. The molecular weight excluding hydrogens is 468 g/mol. The Morgan fingerprint density at radius 3 is 1.50 bits per heavy atom. The molecule has 2 amide bonds. The summed E-state index contributed by atoms with van der Waals surface area (Å²) in [6.07, 6.45) is -0.488. The number of unbranched alkanes of at least 4 members (excludes halogenated alkanes) is 1. The molecule has 0 rings (SSSR count). The summed E-state index contributed by atoms with van der Waals surface area (Å²) in [7, 11) is 0. The number of nitrogens with zero attached hydrogens (tertiary/aromatic N) is 1. The van der Waals surface area contributed by atoms with Crippen LogP contribution in [0.25, 0.3) is 0 Å². The summed E-state index contributed by atoms with van der Waals surface area (Å²) < 4.78 is 23.7. The van der Waals surface area contributed by atoms with E-state index in [1.165, 1.54) is 6.92 Å². The molecule has 0 bridgehead atoms. The zero-order valence-corrected chi connectivity index (χ0v) is 24.5. The summed E-state index contributed by atoms with van der Waals surface area (Å²) in [4.78, 5) is 51.9. The first-order valence-electron chi connectivity index (χ1n) is 12.2. The van der Waals surface area contributed by atoms with Gasteiger partial charge in [0, 0.05) is 13.0 Å². The Labute approximate surface area is 216 Å². The minimum atomic E-state index is -2.25. The van der Waals surface area contributed by atoms with Crippen molar-refractivity contribution in [3.63, 3.8) is 0 Å². The molecule has 0 saturated carbocycles. The standard InChI is InChI=1S/C26H48N2O8/c1-21(2,3)33-19(31)27-26(18-30,25(13,35-23(7,8)9)36-24(10,11)12)28(16-14-15-17-29)20(32)34-22(4,5)6/h17-18H,14-16H2,1-13H3,(H,27,31)/t26-/m0/s1. The lowest BCUT2D eigenvalue weighted by Gasteiger charge is -2.53. The molecule has 0 aromatic carbocycles. The third-order valence-corrected chi connectivity index (χ3v) is 4.30. The first kappa shape index (κ1) is 33.8. The van der Waals surface area contributed by atoms with Crippen LogP contribution >= 0.6 is 0 Å². The fourth-order valence-electron chi connectivity index (χ4n) is 3.49. The molecule has 36 heavy (non-hydrogen) atoms. The number of hydrogen-bond acceptors (Lipinski definition) is 8. The summed E-state index contributed by atoms with van der Waals surface area (Å²) in [5, 5.41) is 2.57. The second-order valence-electron chi connectivity index (χ2n) is 12.8. The Hall–Kier alpha value is -2.20. The quantitative estimate of drug-likeness (QED) is 0.245. The highest BCUT2D eigenvalue weighted by molar-refractivity contribution is 5.83. The minimum absolute atomic E-state index is 0.109. The van der Waals surface area contributed by atoms with E-state index in [-0.39, 0.29) is 19.4 Å². The number of ether oxygens (including phenoxy) is 4. The molecule has 0 saturated heterocycles. The molecule has 210 valence electrons. The molecular formula is C26H48N2O8. The first-order chi connectivity index (χ1) is 15.9. The normalized spacial score (nSPS) is 14.9. The van der Waals surface area contributed by atoms with Crippen LogP contribution in [-0.4, -0.2) is 70.1 Å². The van der Waals surface area contributed by atoms with Gasteiger partial charge in [0.25, 0.3) is 0 Å². The summed E-state index contributed by atoms with van der Waals surface area (Å²) in [6, 6.07) is 0. The number of alkyl carbamates (subject to hydrolysis) is 1. The molecule has 1 atom stereocenters. The average Bonchev–Trinajstić information content (AvgIpc) is 2.57. The highest BCUT2D eigenvalue weighted by atomic mass is 16.7. The number of carbonyl (C=O) groups excluding carboxylic acids is 4. The Morgan fingerprint density at radius 1 is 0.722 bits per heavy atom. The second-order valence-corrected chi connectivity index (χ2v) is 12.8. The van der Waals surface area contributed by atoms with Crippen molar-refractivity contribution in [2.75, 3.05) is 6.54 Å². The molecule has 1 N–H and O–H groups in total. The predicted octanol–water partition coefficient (Wildman–Crippen LogP) is 4.97. The van der Waals surface area contributed by atoms with Crippen molar-refractivity contribution in [3.8, 4) is 0 Å². The second kappa shape index (κ2) is 11.9. The number of hydrogen-bond donors (Lipinski definition) is 1. The molecule has 10 nitrogen and oxygen atoms in total. The fraction of sp³-hybridized carbons (Fsp3) is 0.846. The van der Waals surface area contributed by atoms with Gasteiger partial charge < -0.3 is 23.7 Å². The van der Waals surface area contributed by atoms with Crippen LogP contribution in [0.4, 0.5) is 9.59 Å². The molecule has 0 spiro atoms. The van der Waals surface area contributed by atoms with Gasteiger partial charge in [-0.3, -0.25) is 15.0 Å². The smallest absolute Gasteiger partial charge is 0.412 e. The van der Waals surface area contributed by atoms with Gasteiger partial charge in [0.1, 0.15) is 17.5 Å². The van der Waals surface area contributed by atoms with E-state index >= 15 is 0 Å². The fourth-order valence-corrected chi connectivity index (χ4v) is 3.49. The van der Waals surface area contributed by atoms with Crippen molar-refractivity contribution in [2.24, 2.45) is 0 Å². The van der Waals surface area contributed by atoms with Crippen LogP contribution < -0.4 is 5.32 Å². The van der Waals surface area contributed by atoms with Crippen molar-refractivity contribution in [3.05, 3.63) is 0 Å². The van der Waals surface area contributed by atoms with Gasteiger partial charge in [0.15, 0.2) is 6.29 Å². The summed E-state index contributed by atoms with van der Waals surface area (Å²) >= 11 is 0. The number of nitrogens with one attached hydrogen (secondary N) is 1. The molecule has 0 radical (unpaired) electrons. The zero-order chi connectivity index (χ0) is 28.8. The lowest BCUT2D eigenvalue weighted by Crippen LogP contribution is -2.77. The number of carbonyl (C=O) groups is 4. The van der Waals surface area contributed by atoms with Crippen molar-refractivity contribution >= 4 is 24.8 Å². The van der Waals surface area contributed by atoms with Gasteiger partial charge in [-0.15, -0.1) is 0 Å². The predicted molar refractivity (Wildman–Crippen MR) is 136 cm³/mol. The third kappa shape index (κ3) is 11.2. The van der Waals surface area contributed by atoms with E-state index in [0.29, 0.717) is 12.6 Å². The largest absolute Gasteiger partial charge is 0.444 e. The van der Waals surface area contributed by atoms with Crippen molar-refractivity contribution < 1.29 is 38.1 Å². The van der Waals surface area contributed by atoms with E-state index in [0.717, 1.165) is 4.90 Å².